The zero-order chi connectivity index (χ0) is 38.5. The highest BCUT2D eigenvalue weighted by molar-refractivity contribution is 5.72. The molecule has 0 radical (unpaired) electrons. The van der Waals surface area contributed by atoms with Gasteiger partial charge >= 0.3 is 11.9 Å². The Morgan fingerprint density at radius 1 is 0.846 bits per heavy atom. The minimum atomic E-state index is -1.47. The second-order valence-corrected chi connectivity index (χ2v) is 18.1. The van der Waals surface area contributed by atoms with Gasteiger partial charge < -0.3 is 48.8 Å². The second-order valence-electron chi connectivity index (χ2n) is 18.1. The Kier molecular flexibility index (Phi) is 12.9. The molecule has 1 spiro atoms. The Morgan fingerprint density at radius 2 is 1.54 bits per heavy atom. The molecule has 12 nitrogen and oxygen atoms in total. The van der Waals surface area contributed by atoms with Crippen molar-refractivity contribution in [3.8, 4) is 0 Å². The molecule has 0 aromatic carbocycles. The van der Waals surface area contributed by atoms with Crippen LogP contribution in [0.1, 0.15) is 120 Å². The number of carboxylic acid groups (broad SMARTS) is 2. The van der Waals surface area contributed by atoms with Crippen LogP contribution in [0, 0.1) is 41.4 Å². The van der Waals surface area contributed by atoms with E-state index in [-0.39, 0.29) is 66.2 Å². The molecule has 0 amide bonds. The molecule has 5 heterocycles. The number of carboxylic acids is 2. The lowest BCUT2D eigenvalue weighted by atomic mass is 9.78. The number of aliphatic hydroxyl groups is 2. The molecule has 19 atom stereocenters. The zero-order valence-corrected chi connectivity index (χ0v) is 33.2. The van der Waals surface area contributed by atoms with E-state index in [1.807, 2.05) is 6.92 Å². The van der Waals surface area contributed by atoms with Crippen molar-refractivity contribution in [3.05, 3.63) is 0 Å². The van der Waals surface area contributed by atoms with Gasteiger partial charge in [0.05, 0.1) is 66.0 Å². The average Bonchev–Trinajstić information content (AvgIpc) is 3.76. The van der Waals surface area contributed by atoms with Gasteiger partial charge in [-0.2, -0.15) is 0 Å². The third kappa shape index (κ3) is 8.11. The summed E-state index contributed by atoms with van der Waals surface area (Å²) in [4.78, 5) is 23.1. The number of rotatable bonds is 13. The third-order valence-electron chi connectivity index (χ3n) is 13.9. The van der Waals surface area contributed by atoms with Crippen molar-refractivity contribution in [2.45, 2.75) is 192 Å². The molecule has 300 valence electrons. The van der Waals surface area contributed by atoms with E-state index in [0.29, 0.717) is 25.7 Å². The first-order valence-corrected chi connectivity index (χ1v) is 20.0. The van der Waals surface area contributed by atoms with Crippen molar-refractivity contribution >= 4 is 11.9 Å². The van der Waals surface area contributed by atoms with Crippen LogP contribution in [-0.4, -0.2) is 111 Å². The summed E-state index contributed by atoms with van der Waals surface area (Å²) < 4.78 is 40.4. The second kappa shape index (κ2) is 16.0. The van der Waals surface area contributed by atoms with E-state index in [4.69, 9.17) is 28.4 Å². The SMILES string of the molecule is COC1CC(CC2CCC(C)C(C(C)C(=O)O)O2)OC2(OC(C)(C3CCC(C)(C4OC(C(O)C(C)CC(C)C(O)C(=O)O)CC4C)O3)CC2C)C1C. The lowest BCUT2D eigenvalue weighted by molar-refractivity contribution is -0.352. The van der Waals surface area contributed by atoms with Gasteiger partial charge in [-0.05, 0) is 89.4 Å². The van der Waals surface area contributed by atoms with E-state index in [2.05, 4.69) is 41.5 Å². The van der Waals surface area contributed by atoms with Gasteiger partial charge in [0.15, 0.2) is 11.9 Å². The molecule has 0 saturated carbocycles. The van der Waals surface area contributed by atoms with E-state index >= 15 is 0 Å². The summed E-state index contributed by atoms with van der Waals surface area (Å²) in [7, 11) is 1.75. The number of aliphatic hydroxyl groups excluding tert-OH is 2. The molecule has 12 heteroatoms. The summed E-state index contributed by atoms with van der Waals surface area (Å²) in [5, 5.41) is 40.1. The Morgan fingerprint density at radius 3 is 2.17 bits per heavy atom. The molecule has 4 N–H and O–H groups in total. The summed E-state index contributed by atoms with van der Waals surface area (Å²) in [5.74, 6) is -3.98. The van der Waals surface area contributed by atoms with Crippen molar-refractivity contribution in [2.24, 2.45) is 41.4 Å². The summed E-state index contributed by atoms with van der Waals surface area (Å²) >= 11 is 0. The van der Waals surface area contributed by atoms with E-state index in [9.17, 15) is 30.0 Å². The summed E-state index contributed by atoms with van der Waals surface area (Å²) in [6.45, 7) is 18.1. The molecule has 5 aliphatic heterocycles. The molecule has 5 aliphatic rings. The van der Waals surface area contributed by atoms with Crippen LogP contribution in [0.2, 0.25) is 0 Å². The first kappa shape index (κ1) is 41.8. The van der Waals surface area contributed by atoms with Gasteiger partial charge in [0.25, 0.3) is 0 Å². The van der Waals surface area contributed by atoms with Crippen LogP contribution in [0.3, 0.4) is 0 Å². The molecule has 5 rings (SSSR count). The van der Waals surface area contributed by atoms with Gasteiger partial charge in [0, 0.05) is 31.8 Å². The number of carbonyl (C=O) groups is 2. The average molecular weight is 741 g/mol. The first-order chi connectivity index (χ1) is 24.2. The quantitative estimate of drug-likeness (QED) is 0.189. The van der Waals surface area contributed by atoms with Crippen LogP contribution < -0.4 is 0 Å². The molecule has 0 aromatic heterocycles. The normalized spacial score (nSPS) is 46.9. The van der Waals surface area contributed by atoms with Crippen LogP contribution in [-0.2, 0) is 38.0 Å². The topological polar surface area (TPSA) is 170 Å². The molecular weight excluding hydrogens is 672 g/mol. The Balaban J connectivity index is 1.24. The molecule has 0 aromatic rings. The van der Waals surface area contributed by atoms with Crippen LogP contribution in [0.15, 0.2) is 0 Å². The van der Waals surface area contributed by atoms with Gasteiger partial charge in [-0.3, -0.25) is 4.79 Å². The van der Waals surface area contributed by atoms with E-state index in [1.54, 1.807) is 21.0 Å². The fourth-order valence-corrected chi connectivity index (χ4v) is 10.8. The van der Waals surface area contributed by atoms with Gasteiger partial charge in [-0.25, -0.2) is 4.79 Å². The Hall–Kier alpha value is -1.38. The highest BCUT2D eigenvalue weighted by Gasteiger charge is 2.65. The number of aliphatic carboxylic acids is 2. The molecular formula is C40H68O12. The monoisotopic (exact) mass is 740 g/mol. The van der Waals surface area contributed by atoms with Gasteiger partial charge in [0.2, 0.25) is 0 Å². The summed E-state index contributed by atoms with van der Waals surface area (Å²) in [6, 6.07) is 0. The minimum absolute atomic E-state index is 0.0350. The van der Waals surface area contributed by atoms with Crippen LogP contribution in [0.4, 0.5) is 0 Å². The fourth-order valence-electron chi connectivity index (χ4n) is 10.8. The highest BCUT2D eigenvalue weighted by atomic mass is 16.7. The van der Waals surface area contributed by atoms with Gasteiger partial charge in [-0.15, -0.1) is 0 Å². The van der Waals surface area contributed by atoms with Gasteiger partial charge in [-0.1, -0.05) is 41.5 Å². The van der Waals surface area contributed by atoms with E-state index < -0.39 is 59.1 Å². The number of methoxy groups -OCH3 is 1. The molecule has 5 saturated heterocycles. The maximum absolute atomic E-state index is 11.8. The lowest BCUT2D eigenvalue weighted by Crippen LogP contribution is -2.58. The number of hydrogen-bond donors (Lipinski definition) is 4. The maximum atomic E-state index is 11.8. The summed E-state index contributed by atoms with van der Waals surface area (Å²) in [5.41, 5.74) is -1.21. The number of ether oxygens (including phenoxy) is 6. The standard InChI is InChI=1S/C40H68O12/c1-20-11-12-27(48-34(20)25(6)36(43)44)17-28-18-29(47-10)26(7)40(50-28)24(5)19-39(9,52-40)31-13-14-38(8,51-31)35-23(4)16-30(49-35)32(41)21(2)15-22(3)33(42)37(45)46/h20-35,41-42H,11-19H2,1-10H3,(H,43,44)(H,45,46). The van der Waals surface area contributed by atoms with E-state index in [0.717, 1.165) is 32.1 Å². The van der Waals surface area contributed by atoms with Crippen molar-refractivity contribution in [2.75, 3.05) is 7.11 Å². The van der Waals surface area contributed by atoms with Gasteiger partial charge in [0.1, 0.15) is 0 Å². The first-order valence-electron chi connectivity index (χ1n) is 20.0. The predicted molar refractivity (Wildman–Crippen MR) is 191 cm³/mol. The van der Waals surface area contributed by atoms with Crippen LogP contribution in [0.25, 0.3) is 0 Å². The van der Waals surface area contributed by atoms with Crippen molar-refractivity contribution in [1.29, 1.82) is 0 Å². The Labute approximate surface area is 310 Å². The van der Waals surface area contributed by atoms with E-state index in [1.165, 1.54) is 0 Å². The molecule has 19 unspecified atom stereocenters. The van der Waals surface area contributed by atoms with Crippen molar-refractivity contribution in [3.63, 3.8) is 0 Å². The Bertz CT molecular complexity index is 1250. The van der Waals surface area contributed by atoms with Crippen molar-refractivity contribution in [1.82, 2.24) is 0 Å². The summed E-state index contributed by atoms with van der Waals surface area (Å²) in [6.07, 6.45) is 2.67. The molecule has 0 bridgehead atoms. The largest absolute Gasteiger partial charge is 0.481 e. The van der Waals surface area contributed by atoms with Crippen LogP contribution >= 0.6 is 0 Å². The molecule has 52 heavy (non-hydrogen) atoms. The number of hydrogen-bond acceptors (Lipinski definition) is 10. The highest BCUT2D eigenvalue weighted by Crippen LogP contribution is 2.56. The lowest BCUT2D eigenvalue weighted by Gasteiger charge is -2.50. The van der Waals surface area contributed by atoms with Crippen LogP contribution in [0.5, 0.6) is 0 Å². The maximum Gasteiger partial charge on any atom is 0.332 e. The zero-order valence-electron chi connectivity index (χ0n) is 33.2. The smallest absolute Gasteiger partial charge is 0.332 e. The minimum Gasteiger partial charge on any atom is -0.481 e. The molecule has 5 fully saturated rings. The third-order valence-corrected chi connectivity index (χ3v) is 13.9. The fraction of sp³-hybridized carbons (Fsp3) is 0.950. The molecule has 0 aliphatic carbocycles. The van der Waals surface area contributed by atoms with Crippen molar-refractivity contribution < 1.29 is 58.4 Å². The predicted octanol–water partition coefficient (Wildman–Crippen LogP) is 5.43.